The Hall–Kier alpha value is -1.67. The monoisotopic (exact) mass is 416 g/mol. The molecule has 1 aliphatic carbocycles. The van der Waals surface area contributed by atoms with Crippen molar-refractivity contribution in [3.05, 3.63) is 35.9 Å². The van der Waals surface area contributed by atoms with Crippen molar-refractivity contribution in [3.63, 3.8) is 0 Å². The predicted octanol–water partition coefficient (Wildman–Crippen LogP) is 2.83. The molecule has 30 heavy (non-hydrogen) atoms. The summed E-state index contributed by atoms with van der Waals surface area (Å²) in [6.45, 7) is 4.56. The van der Waals surface area contributed by atoms with Crippen LogP contribution in [-0.4, -0.2) is 67.4 Å². The van der Waals surface area contributed by atoms with Crippen LogP contribution in [0.1, 0.15) is 44.1 Å². The number of nitrogens with one attached hydrogen (secondary N) is 1. The normalized spacial score (nSPS) is 26.9. The topological polar surface area (TPSA) is 69.3 Å². The summed E-state index contributed by atoms with van der Waals surface area (Å²) in [6.07, 6.45) is 5.36. The van der Waals surface area contributed by atoms with Crippen molar-refractivity contribution >= 4 is 6.09 Å². The second-order valence-corrected chi connectivity index (χ2v) is 9.31. The van der Waals surface area contributed by atoms with Crippen molar-refractivity contribution in [1.29, 1.82) is 0 Å². The van der Waals surface area contributed by atoms with Gasteiger partial charge in [0.05, 0.1) is 26.4 Å². The highest BCUT2D eigenvalue weighted by molar-refractivity contribution is 5.67. The van der Waals surface area contributed by atoms with Gasteiger partial charge in [0.2, 0.25) is 0 Å². The van der Waals surface area contributed by atoms with E-state index in [1.807, 2.05) is 35.2 Å². The van der Waals surface area contributed by atoms with Crippen molar-refractivity contribution < 1.29 is 23.7 Å². The molecule has 0 bridgehead atoms. The van der Waals surface area contributed by atoms with E-state index in [0.717, 1.165) is 50.7 Å². The first-order valence-electron chi connectivity index (χ1n) is 11.2. The van der Waals surface area contributed by atoms with Gasteiger partial charge in [0, 0.05) is 37.0 Å². The number of carbonyl (C=O) groups excluding carboxylic acids is 1. The Morgan fingerprint density at radius 3 is 2.23 bits per heavy atom. The lowest BCUT2D eigenvalue weighted by molar-refractivity contribution is -0.197. The summed E-state index contributed by atoms with van der Waals surface area (Å²) in [5.74, 6) is -0.358. The van der Waals surface area contributed by atoms with E-state index < -0.39 is 0 Å². The summed E-state index contributed by atoms with van der Waals surface area (Å²) < 4.78 is 23.4. The highest BCUT2D eigenvalue weighted by Gasteiger charge is 2.52. The van der Waals surface area contributed by atoms with Crippen LogP contribution < -0.4 is 5.32 Å². The number of hydrogen-bond acceptors (Lipinski definition) is 6. The van der Waals surface area contributed by atoms with Crippen LogP contribution in [0, 0.1) is 0 Å². The van der Waals surface area contributed by atoms with E-state index in [4.69, 9.17) is 18.9 Å². The maximum absolute atomic E-state index is 12.5. The van der Waals surface area contributed by atoms with Crippen molar-refractivity contribution in [2.24, 2.45) is 0 Å². The molecule has 5 rings (SSSR count). The second-order valence-electron chi connectivity index (χ2n) is 9.31. The largest absolute Gasteiger partial charge is 0.445 e. The standard InChI is InChI=1S/C23H32N2O5/c26-20(28-16-19-4-2-1-3-5-19)25-12-10-22(11-13-25)18-27-17-21(24-22)6-8-23(9-7-21)29-14-15-30-23/h1-5,24H,6-18H2. The van der Waals surface area contributed by atoms with Gasteiger partial charge in [-0.25, -0.2) is 4.79 Å². The quantitative estimate of drug-likeness (QED) is 0.800. The average molecular weight is 417 g/mol. The van der Waals surface area contributed by atoms with Gasteiger partial charge in [0.15, 0.2) is 5.79 Å². The minimum atomic E-state index is -0.358. The molecular formula is C23H32N2O5. The maximum atomic E-state index is 12.5. The van der Waals surface area contributed by atoms with Crippen LogP contribution in [-0.2, 0) is 25.6 Å². The molecule has 3 spiro atoms. The van der Waals surface area contributed by atoms with Crippen molar-refractivity contribution in [2.75, 3.05) is 39.5 Å². The van der Waals surface area contributed by atoms with Crippen molar-refractivity contribution in [1.82, 2.24) is 10.2 Å². The van der Waals surface area contributed by atoms with Gasteiger partial charge in [-0.05, 0) is 31.2 Å². The number of morpholine rings is 1. The number of ether oxygens (including phenoxy) is 4. The molecule has 0 aromatic heterocycles. The fourth-order valence-electron chi connectivity index (χ4n) is 5.44. The van der Waals surface area contributed by atoms with Gasteiger partial charge in [-0.2, -0.15) is 0 Å². The van der Waals surface area contributed by atoms with E-state index in [-0.39, 0.29) is 23.0 Å². The summed E-state index contributed by atoms with van der Waals surface area (Å²) in [4.78, 5) is 14.3. The third kappa shape index (κ3) is 4.08. The van der Waals surface area contributed by atoms with E-state index in [0.29, 0.717) is 39.5 Å². The minimum Gasteiger partial charge on any atom is -0.445 e. The fourth-order valence-corrected chi connectivity index (χ4v) is 5.44. The molecule has 3 heterocycles. The van der Waals surface area contributed by atoms with Crippen molar-refractivity contribution in [2.45, 2.75) is 62.0 Å². The molecule has 4 aliphatic rings. The van der Waals surface area contributed by atoms with Crippen LogP contribution in [0.2, 0.25) is 0 Å². The molecule has 0 unspecified atom stereocenters. The molecule has 1 N–H and O–H groups in total. The first-order chi connectivity index (χ1) is 14.6. The first kappa shape index (κ1) is 20.2. The highest BCUT2D eigenvalue weighted by atomic mass is 16.7. The summed E-state index contributed by atoms with van der Waals surface area (Å²) >= 11 is 0. The van der Waals surface area contributed by atoms with Crippen LogP contribution in [0.3, 0.4) is 0 Å². The molecule has 1 amide bonds. The molecule has 0 atom stereocenters. The highest BCUT2D eigenvalue weighted by Crippen LogP contribution is 2.43. The number of amides is 1. The summed E-state index contributed by atoms with van der Waals surface area (Å²) in [5, 5.41) is 3.99. The van der Waals surface area contributed by atoms with E-state index in [1.165, 1.54) is 0 Å². The van der Waals surface area contributed by atoms with Crippen LogP contribution in [0.25, 0.3) is 0 Å². The third-order valence-electron chi connectivity index (χ3n) is 7.25. The molecule has 164 valence electrons. The molecule has 0 radical (unpaired) electrons. The number of rotatable bonds is 2. The molecular weight excluding hydrogens is 384 g/mol. The number of benzene rings is 1. The lowest BCUT2D eigenvalue weighted by atomic mass is 9.74. The van der Waals surface area contributed by atoms with Gasteiger partial charge in [-0.3, -0.25) is 0 Å². The molecule has 7 heteroatoms. The Bertz CT molecular complexity index is 731. The van der Waals surface area contributed by atoms with Crippen LogP contribution in [0.15, 0.2) is 30.3 Å². The Morgan fingerprint density at radius 1 is 0.933 bits per heavy atom. The number of nitrogens with zero attached hydrogens (tertiary/aromatic N) is 1. The Morgan fingerprint density at radius 2 is 1.57 bits per heavy atom. The van der Waals surface area contributed by atoms with Crippen LogP contribution in [0.5, 0.6) is 0 Å². The lowest BCUT2D eigenvalue weighted by Gasteiger charge is -2.54. The number of likely N-dealkylation sites (tertiary alicyclic amines) is 1. The third-order valence-corrected chi connectivity index (χ3v) is 7.25. The smallest absolute Gasteiger partial charge is 0.410 e. The summed E-state index contributed by atoms with van der Waals surface area (Å²) in [6, 6.07) is 9.81. The Labute approximate surface area is 178 Å². The molecule has 4 fully saturated rings. The Balaban J connectivity index is 1.14. The molecule has 3 saturated heterocycles. The first-order valence-corrected chi connectivity index (χ1v) is 11.2. The SMILES string of the molecule is O=C(OCc1ccccc1)N1CCC2(CC1)COCC1(CCC3(CC1)OCCO3)N2. The lowest BCUT2D eigenvalue weighted by Crippen LogP contribution is -2.70. The molecule has 1 aromatic carbocycles. The van der Waals surface area contributed by atoms with Gasteiger partial charge < -0.3 is 29.2 Å². The Kier molecular flexibility index (Phi) is 5.47. The van der Waals surface area contributed by atoms with E-state index in [2.05, 4.69) is 5.32 Å². The van der Waals surface area contributed by atoms with Crippen LogP contribution in [0.4, 0.5) is 4.79 Å². The summed E-state index contributed by atoms with van der Waals surface area (Å²) in [5.41, 5.74) is 0.944. The molecule has 3 aliphatic heterocycles. The van der Waals surface area contributed by atoms with Gasteiger partial charge >= 0.3 is 6.09 Å². The van der Waals surface area contributed by atoms with Gasteiger partial charge in [0.25, 0.3) is 0 Å². The zero-order valence-electron chi connectivity index (χ0n) is 17.6. The fraction of sp³-hybridized carbons (Fsp3) is 0.696. The van der Waals surface area contributed by atoms with Gasteiger partial charge in [0.1, 0.15) is 6.61 Å². The zero-order valence-corrected chi connectivity index (χ0v) is 17.6. The number of hydrogen-bond donors (Lipinski definition) is 1. The van der Waals surface area contributed by atoms with Crippen molar-refractivity contribution in [3.8, 4) is 0 Å². The molecule has 7 nitrogen and oxygen atoms in total. The minimum absolute atomic E-state index is 0.00516. The number of carbonyl (C=O) groups is 1. The average Bonchev–Trinajstić information content (AvgIpc) is 3.25. The summed E-state index contributed by atoms with van der Waals surface area (Å²) in [7, 11) is 0. The van der Waals surface area contributed by atoms with Crippen LogP contribution >= 0.6 is 0 Å². The van der Waals surface area contributed by atoms with Gasteiger partial charge in [-0.1, -0.05) is 30.3 Å². The maximum Gasteiger partial charge on any atom is 0.410 e. The van der Waals surface area contributed by atoms with E-state index in [1.54, 1.807) is 0 Å². The van der Waals surface area contributed by atoms with Gasteiger partial charge in [-0.15, -0.1) is 0 Å². The molecule has 1 aromatic rings. The van der Waals surface area contributed by atoms with E-state index >= 15 is 0 Å². The number of piperidine rings is 1. The zero-order chi connectivity index (χ0) is 20.5. The predicted molar refractivity (Wildman–Crippen MR) is 110 cm³/mol. The molecule has 1 saturated carbocycles. The second kappa shape index (κ2) is 8.11. The van der Waals surface area contributed by atoms with E-state index in [9.17, 15) is 4.79 Å².